The fourth-order valence-corrected chi connectivity index (χ4v) is 4.79. The highest BCUT2D eigenvalue weighted by molar-refractivity contribution is 7.83. The lowest BCUT2D eigenvalue weighted by atomic mass is 9.87. The molecule has 3 amide bonds. The summed E-state index contributed by atoms with van der Waals surface area (Å²) in [4.78, 5) is 28.5. The number of rotatable bonds is 5. The standard InChI is InChI=1S/C19H20N4O3S/c24-17-19(23-18(25)22-17)9-1-4-15(19)12-21-27(26)16-7-5-13(6-8-16)14-3-2-10-20-11-14/h2-3,5-8,10-11,15,21H,1,4,9,12H2,(H2,22,23,24,25). The van der Waals surface area contributed by atoms with Gasteiger partial charge in [-0.05, 0) is 42.2 Å². The van der Waals surface area contributed by atoms with Crippen LogP contribution in [0.1, 0.15) is 19.3 Å². The molecule has 1 aliphatic heterocycles. The van der Waals surface area contributed by atoms with Gasteiger partial charge in [0.2, 0.25) is 0 Å². The van der Waals surface area contributed by atoms with E-state index in [4.69, 9.17) is 0 Å². The number of nitrogens with zero attached hydrogens (tertiary/aromatic N) is 1. The van der Waals surface area contributed by atoms with Crippen molar-refractivity contribution in [3.63, 3.8) is 0 Å². The lowest BCUT2D eigenvalue weighted by Gasteiger charge is -2.28. The maximum atomic E-state index is 12.6. The zero-order valence-corrected chi connectivity index (χ0v) is 15.4. The largest absolute Gasteiger partial charge is 0.323 e. The molecule has 4 rings (SSSR count). The van der Waals surface area contributed by atoms with Crippen LogP contribution in [0.2, 0.25) is 0 Å². The van der Waals surface area contributed by atoms with E-state index < -0.39 is 22.6 Å². The Hall–Kier alpha value is -2.58. The second-order valence-electron chi connectivity index (χ2n) is 6.85. The SMILES string of the molecule is O=C1NC(=O)C2(CCCC2CNS(=O)c2ccc(-c3cccnc3)cc2)N1. The summed E-state index contributed by atoms with van der Waals surface area (Å²) in [5.74, 6) is -0.356. The molecule has 1 aliphatic carbocycles. The van der Waals surface area contributed by atoms with Crippen LogP contribution in [0.3, 0.4) is 0 Å². The van der Waals surface area contributed by atoms with Gasteiger partial charge in [-0.25, -0.2) is 13.7 Å². The predicted octanol–water partition coefficient (Wildman–Crippen LogP) is 1.74. The van der Waals surface area contributed by atoms with Gasteiger partial charge in [-0.15, -0.1) is 0 Å². The number of carbonyl (C=O) groups excluding carboxylic acids is 2. The molecule has 3 unspecified atom stereocenters. The van der Waals surface area contributed by atoms with Crippen molar-refractivity contribution in [2.45, 2.75) is 29.7 Å². The lowest BCUT2D eigenvalue weighted by Crippen LogP contribution is -2.52. The molecule has 7 nitrogen and oxygen atoms in total. The number of aromatic nitrogens is 1. The average Bonchev–Trinajstić information content (AvgIpc) is 3.23. The number of hydrogen-bond donors (Lipinski definition) is 3. The molecule has 1 saturated heterocycles. The van der Waals surface area contributed by atoms with E-state index in [1.807, 2.05) is 36.4 Å². The highest BCUT2D eigenvalue weighted by Crippen LogP contribution is 2.37. The molecule has 3 N–H and O–H groups in total. The first-order chi connectivity index (χ1) is 13.1. The number of pyridine rings is 1. The minimum atomic E-state index is -1.39. The van der Waals surface area contributed by atoms with E-state index in [9.17, 15) is 13.8 Å². The van der Waals surface area contributed by atoms with E-state index in [1.54, 1.807) is 12.4 Å². The molecular formula is C19H20N4O3S. The third-order valence-electron chi connectivity index (χ3n) is 5.31. The number of imide groups is 1. The van der Waals surface area contributed by atoms with E-state index in [0.29, 0.717) is 17.9 Å². The van der Waals surface area contributed by atoms with Crippen LogP contribution in [0.4, 0.5) is 4.79 Å². The molecule has 0 radical (unpaired) electrons. The molecule has 2 aliphatic rings. The van der Waals surface area contributed by atoms with E-state index in [1.165, 1.54) is 0 Å². The van der Waals surface area contributed by atoms with Gasteiger partial charge in [-0.2, -0.15) is 0 Å². The van der Waals surface area contributed by atoms with Crippen molar-refractivity contribution in [3.8, 4) is 11.1 Å². The molecule has 2 heterocycles. The number of nitrogens with one attached hydrogen (secondary N) is 3. The number of carbonyl (C=O) groups is 2. The Bertz CT molecular complexity index is 888. The maximum Gasteiger partial charge on any atom is 0.322 e. The average molecular weight is 384 g/mol. The molecule has 2 aromatic rings. The second kappa shape index (κ2) is 7.21. The Kier molecular flexibility index (Phi) is 4.75. The summed E-state index contributed by atoms with van der Waals surface area (Å²) in [6, 6.07) is 10.9. The second-order valence-corrected chi connectivity index (χ2v) is 8.15. The lowest BCUT2D eigenvalue weighted by molar-refractivity contribution is -0.125. The zero-order valence-electron chi connectivity index (χ0n) is 14.6. The van der Waals surface area contributed by atoms with Gasteiger partial charge in [0.05, 0.1) is 4.90 Å². The number of urea groups is 1. The van der Waals surface area contributed by atoms with Crippen molar-refractivity contribution in [2.24, 2.45) is 5.92 Å². The van der Waals surface area contributed by atoms with Crippen molar-refractivity contribution < 1.29 is 13.8 Å². The summed E-state index contributed by atoms with van der Waals surface area (Å²) < 4.78 is 15.6. The van der Waals surface area contributed by atoms with Gasteiger partial charge in [0.1, 0.15) is 16.5 Å². The van der Waals surface area contributed by atoms with Crippen LogP contribution in [0.25, 0.3) is 11.1 Å². The quantitative estimate of drug-likeness (QED) is 0.684. The molecule has 0 bridgehead atoms. The smallest absolute Gasteiger partial charge is 0.322 e. The number of hydrogen-bond acceptors (Lipinski definition) is 4. The van der Waals surface area contributed by atoms with Crippen LogP contribution < -0.4 is 15.4 Å². The summed E-state index contributed by atoms with van der Waals surface area (Å²) in [6.07, 6.45) is 5.78. The van der Waals surface area contributed by atoms with E-state index in [2.05, 4.69) is 20.3 Å². The number of benzene rings is 1. The third kappa shape index (κ3) is 3.38. The van der Waals surface area contributed by atoms with Crippen molar-refractivity contribution in [2.75, 3.05) is 6.54 Å². The van der Waals surface area contributed by atoms with Gasteiger partial charge in [0, 0.05) is 24.9 Å². The van der Waals surface area contributed by atoms with Gasteiger partial charge in [0.25, 0.3) is 5.91 Å². The van der Waals surface area contributed by atoms with E-state index in [0.717, 1.165) is 24.0 Å². The van der Waals surface area contributed by atoms with Gasteiger partial charge in [-0.1, -0.05) is 24.6 Å². The molecule has 3 atom stereocenters. The highest BCUT2D eigenvalue weighted by Gasteiger charge is 2.54. The molecule has 2 fully saturated rings. The highest BCUT2D eigenvalue weighted by atomic mass is 32.2. The molecule has 1 spiro atoms. The van der Waals surface area contributed by atoms with Crippen LogP contribution in [-0.2, 0) is 15.8 Å². The van der Waals surface area contributed by atoms with Gasteiger partial charge in [-0.3, -0.25) is 15.1 Å². The Balaban J connectivity index is 1.41. The normalized spacial score (nSPS) is 25.4. The minimum absolute atomic E-state index is 0.0810. The first-order valence-electron chi connectivity index (χ1n) is 8.88. The van der Waals surface area contributed by atoms with Crippen molar-refractivity contribution in [3.05, 3.63) is 48.8 Å². The number of amides is 3. The van der Waals surface area contributed by atoms with Crippen molar-refractivity contribution in [1.82, 2.24) is 20.3 Å². The fraction of sp³-hybridized carbons (Fsp3) is 0.316. The Labute approximate surface area is 159 Å². The zero-order chi connectivity index (χ0) is 18.9. The monoisotopic (exact) mass is 384 g/mol. The van der Waals surface area contributed by atoms with Crippen LogP contribution in [0.15, 0.2) is 53.7 Å². The first-order valence-corrected chi connectivity index (χ1v) is 10.0. The van der Waals surface area contributed by atoms with Crippen LogP contribution in [0, 0.1) is 5.92 Å². The van der Waals surface area contributed by atoms with Crippen LogP contribution in [0.5, 0.6) is 0 Å². The summed E-state index contributed by atoms with van der Waals surface area (Å²) >= 11 is 0. The molecule has 8 heteroatoms. The topological polar surface area (TPSA) is 100 Å². The molecular weight excluding hydrogens is 364 g/mol. The molecule has 140 valence electrons. The minimum Gasteiger partial charge on any atom is -0.323 e. The summed E-state index contributed by atoms with van der Waals surface area (Å²) in [6.45, 7) is 0.394. The summed E-state index contributed by atoms with van der Waals surface area (Å²) in [7, 11) is -1.39. The molecule has 1 aromatic carbocycles. The predicted molar refractivity (Wildman–Crippen MR) is 101 cm³/mol. The van der Waals surface area contributed by atoms with Gasteiger partial charge >= 0.3 is 6.03 Å². The summed E-state index contributed by atoms with van der Waals surface area (Å²) in [5, 5.41) is 5.10. The van der Waals surface area contributed by atoms with Crippen molar-refractivity contribution >= 4 is 22.9 Å². The maximum absolute atomic E-state index is 12.6. The fourth-order valence-electron chi connectivity index (χ4n) is 3.89. The van der Waals surface area contributed by atoms with E-state index in [-0.39, 0.29) is 11.8 Å². The van der Waals surface area contributed by atoms with Crippen molar-refractivity contribution in [1.29, 1.82) is 0 Å². The molecule has 1 aromatic heterocycles. The Morgan fingerprint density at radius 3 is 2.67 bits per heavy atom. The molecule has 1 saturated carbocycles. The van der Waals surface area contributed by atoms with Crippen LogP contribution >= 0.6 is 0 Å². The van der Waals surface area contributed by atoms with E-state index >= 15 is 0 Å². The Morgan fingerprint density at radius 2 is 2.00 bits per heavy atom. The first kappa shape index (κ1) is 17.8. The summed E-state index contributed by atoms with van der Waals surface area (Å²) in [5.41, 5.74) is 1.14. The Morgan fingerprint density at radius 1 is 1.19 bits per heavy atom. The van der Waals surface area contributed by atoms with Gasteiger partial charge < -0.3 is 5.32 Å². The molecule has 27 heavy (non-hydrogen) atoms. The van der Waals surface area contributed by atoms with Gasteiger partial charge in [0.15, 0.2) is 0 Å². The van der Waals surface area contributed by atoms with Crippen LogP contribution in [-0.4, -0.2) is 33.2 Å². The third-order valence-corrected chi connectivity index (χ3v) is 6.44.